The molecule has 100 valence electrons. The summed E-state index contributed by atoms with van der Waals surface area (Å²) in [6, 6.07) is 6.23. The van der Waals surface area contributed by atoms with Gasteiger partial charge in [0.05, 0.1) is 0 Å². The van der Waals surface area contributed by atoms with E-state index in [1.807, 2.05) is 0 Å². The molecule has 0 spiro atoms. The molecule has 1 aromatic rings. The summed E-state index contributed by atoms with van der Waals surface area (Å²) >= 11 is 0. The molecule has 0 saturated heterocycles. The summed E-state index contributed by atoms with van der Waals surface area (Å²) in [5.41, 5.74) is 0.571. The molecule has 18 heavy (non-hydrogen) atoms. The topological polar surface area (TPSA) is 0 Å². The summed E-state index contributed by atoms with van der Waals surface area (Å²) in [7, 11) is 0. The lowest BCUT2D eigenvalue weighted by Crippen LogP contribution is -2.04. The molecule has 0 aromatic heterocycles. The lowest BCUT2D eigenvalue weighted by atomic mass is 9.98. The number of benzene rings is 1. The first kappa shape index (κ1) is 14.9. The Labute approximate surface area is 109 Å². The van der Waals surface area contributed by atoms with Crippen molar-refractivity contribution in [1.29, 1.82) is 0 Å². The number of hydrogen-bond acceptors (Lipinski definition) is 0. The Balaban J connectivity index is 2.40. The van der Waals surface area contributed by atoms with Crippen LogP contribution < -0.4 is 0 Å². The van der Waals surface area contributed by atoms with Crippen molar-refractivity contribution < 1.29 is 8.78 Å². The van der Waals surface area contributed by atoms with Crippen molar-refractivity contribution in [1.82, 2.24) is 0 Å². The standard InChI is InChI=1S/C16H22F2/c1-3-4-5-6-7-11-15(17)13(2)14-10-8-9-12-16(14)18/h8-10,12,15H,2-7,11H2,1H3. The highest BCUT2D eigenvalue weighted by Gasteiger charge is 2.15. The molecule has 0 saturated carbocycles. The molecule has 0 aliphatic rings. The molecule has 1 unspecified atom stereocenters. The van der Waals surface area contributed by atoms with Crippen LogP contribution in [0.4, 0.5) is 8.78 Å². The van der Waals surface area contributed by atoms with E-state index in [4.69, 9.17) is 0 Å². The number of halogens is 2. The Morgan fingerprint density at radius 2 is 1.83 bits per heavy atom. The van der Waals surface area contributed by atoms with Crippen LogP contribution in [0.15, 0.2) is 30.8 Å². The van der Waals surface area contributed by atoms with Crippen molar-refractivity contribution in [2.24, 2.45) is 0 Å². The molecule has 0 bridgehead atoms. The molecule has 2 heteroatoms. The van der Waals surface area contributed by atoms with E-state index in [9.17, 15) is 8.78 Å². The summed E-state index contributed by atoms with van der Waals surface area (Å²) in [6.45, 7) is 5.84. The van der Waals surface area contributed by atoms with Gasteiger partial charge in [-0.3, -0.25) is 0 Å². The first-order valence-electron chi connectivity index (χ1n) is 6.74. The highest BCUT2D eigenvalue weighted by atomic mass is 19.1. The number of alkyl halides is 1. The Morgan fingerprint density at radius 3 is 2.50 bits per heavy atom. The highest BCUT2D eigenvalue weighted by molar-refractivity contribution is 5.66. The molecule has 0 nitrogen and oxygen atoms in total. The van der Waals surface area contributed by atoms with E-state index < -0.39 is 12.0 Å². The summed E-state index contributed by atoms with van der Waals surface area (Å²) in [6.07, 6.45) is 4.72. The maximum absolute atomic E-state index is 13.9. The van der Waals surface area contributed by atoms with Crippen molar-refractivity contribution in [2.75, 3.05) is 0 Å². The van der Waals surface area contributed by atoms with E-state index in [0.717, 1.165) is 19.3 Å². The molecular formula is C16H22F2. The van der Waals surface area contributed by atoms with Crippen molar-refractivity contribution >= 4 is 5.57 Å². The first-order valence-corrected chi connectivity index (χ1v) is 6.74. The maximum Gasteiger partial charge on any atom is 0.130 e. The van der Waals surface area contributed by atoms with Gasteiger partial charge in [-0.05, 0) is 18.1 Å². The molecule has 0 fully saturated rings. The van der Waals surface area contributed by atoms with Crippen LogP contribution in [-0.2, 0) is 0 Å². The third-order valence-corrected chi connectivity index (χ3v) is 3.16. The first-order chi connectivity index (χ1) is 8.66. The van der Waals surface area contributed by atoms with Crippen LogP contribution in [-0.4, -0.2) is 6.17 Å². The summed E-state index contributed by atoms with van der Waals surface area (Å²) in [5.74, 6) is -0.392. The van der Waals surface area contributed by atoms with Gasteiger partial charge < -0.3 is 0 Å². The second-order valence-corrected chi connectivity index (χ2v) is 4.68. The SMILES string of the molecule is C=C(c1ccccc1F)C(F)CCCCCCC. The van der Waals surface area contributed by atoms with Gasteiger partial charge in [0.25, 0.3) is 0 Å². The summed E-state index contributed by atoms with van der Waals surface area (Å²) in [5, 5.41) is 0. The minimum absolute atomic E-state index is 0.267. The number of unbranched alkanes of at least 4 members (excludes halogenated alkanes) is 4. The van der Waals surface area contributed by atoms with E-state index >= 15 is 0 Å². The molecule has 0 radical (unpaired) electrons. The van der Waals surface area contributed by atoms with Gasteiger partial charge in [-0.1, -0.05) is 63.8 Å². The van der Waals surface area contributed by atoms with E-state index in [-0.39, 0.29) is 5.57 Å². The van der Waals surface area contributed by atoms with Gasteiger partial charge in [0, 0.05) is 5.56 Å². The smallest absolute Gasteiger partial charge is 0.130 e. The predicted octanol–water partition coefficient (Wildman–Crippen LogP) is 5.54. The average molecular weight is 252 g/mol. The van der Waals surface area contributed by atoms with Crippen molar-refractivity contribution in [3.8, 4) is 0 Å². The second-order valence-electron chi connectivity index (χ2n) is 4.68. The van der Waals surface area contributed by atoms with Gasteiger partial charge in [0.2, 0.25) is 0 Å². The molecule has 0 aliphatic heterocycles. The highest BCUT2D eigenvalue weighted by Crippen LogP contribution is 2.25. The fraction of sp³-hybridized carbons (Fsp3) is 0.500. The molecule has 0 heterocycles. The number of rotatable bonds is 8. The third-order valence-electron chi connectivity index (χ3n) is 3.16. The van der Waals surface area contributed by atoms with Crippen LogP contribution >= 0.6 is 0 Å². The molecule has 0 aliphatic carbocycles. The van der Waals surface area contributed by atoms with Crippen molar-refractivity contribution in [3.05, 3.63) is 42.2 Å². The van der Waals surface area contributed by atoms with E-state index in [1.54, 1.807) is 18.2 Å². The molecule has 1 aromatic carbocycles. The lowest BCUT2D eigenvalue weighted by molar-refractivity contribution is 0.374. The van der Waals surface area contributed by atoms with Gasteiger partial charge in [-0.25, -0.2) is 8.78 Å². The predicted molar refractivity (Wildman–Crippen MR) is 73.7 cm³/mol. The van der Waals surface area contributed by atoms with Crippen molar-refractivity contribution in [3.63, 3.8) is 0 Å². The molecule has 1 atom stereocenters. The molecule has 0 amide bonds. The summed E-state index contributed by atoms with van der Waals surface area (Å²) < 4.78 is 27.4. The zero-order chi connectivity index (χ0) is 13.4. The third kappa shape index (κ3) is 4.59. The van der Waals surface area contributed by atoms with Crippen LogP contribution in [0.1, 0.15) is 51.0 Å². The lowest BCUT2D eigenvalue weighted by Gasteiger charge is -2.12. The maximum atomic E-state index is 13.9. The quantitative estimate of drug-likeness (QED) is 0.533. The monoisotopic (exact) mass is 252 g/mol. The number of hydrogen-bond donors (Lipinski definition) is 0. The minimum atomic E-state index is -1.14. The van der Waals surface area contributed by atoms with Gasteiger partial charge in [0.1, 0.15) is 12.0 Å². The van der Waals surface area contributed by atoms with Crippen LogP contribution in [0.5, 0.6) is 0 Å². The Morgan fingerprint density at radius 1 is 1.17 bits per heavy atom. The zero-order valence-corrected chi connectivity index (χ0v) is 11.1. The van der Waals surface area contributed by atoms with Crippen LogP contribution in [0.25, 0.3) is 5.57 Å². The van der Waals surface area contributed by atoms with E-state index in [0.29, 0.717) is 12.0 Å². The van der Waals surface area contributed by atoms with Crippen LogP contribution in [0, 0.1) is 5.82 Å². The fourth-order valence-corrected chi connectivity index (χ4v) is 1.99. The fourth-order valence-electron chi connectivity index (χ4n) is 1.99. The van der Waals surface area contributed by atoms with Gasteiger partial charge >= 0.3 is 0 Å². The largest absolute Gasteiger partial charge is 0.242 e. The van der Waals surface area contributed by atoms with Gasteiger partial charge in [-0.15, -0.1) is 0 Å². The normalized spacial score (nSPS) is 12.4. The molecular weight excluding hydrogens is 230 g/mol. The zero-order valence-electron chi connectivity index (χ0n) is 11.1. The minimum Gasteiger partial charge on any atom is -0.242 e. The second kappa shape index (κ2) is 8.02. The van der Waals surface area contributed by atoms with Crippen LogP contribution in [0.3, 0.4) is 0 Å². The van der Waals surface area contributed by atoms with Crippen molar-refractivity contribution in [2.45, 2.75) is 51.6 Å². The van der Waals surface area contributed by atoms with Gasteiger partial charge in [-0.2, -0.15) is 0 Å². The Bertz CT molecular complexity index is 371. The Kier molecular flexibility index (Phi) is 6.63. The van der Waals surface area contributed by atoms with Gasteiger partial charge in [0.15, 0.2) is 0 Å². The van der Waals surface area contributed by atoms with E-state index in [1.165, 1.54) is 18.9 Å². The molecule has 1 rings (SSSR count). The van der Waals surface area contributed by atoms with Crippen LogP contribution in [0.2, 0.25) is 0 Å². The number of allylic oxidation sites excluding steroid dienone is 1. The summed E-state index contributed by atoms with van der Waals surface area (Å²) in [4.78, 5) is 0. The Hall–Kier alpha value is -1.18. The average Bonchev–Trinajstić information content (AvgIpc) is 2.38. The molecule has 0 N–H and O–H groups in total. The van der Waals surface area contributed by atoms with E-state index in [2.05, 4.69) is 13.5 Å².